The van der Waals surface area contributed by atoms with E-state index in [1.807, 2.05) is 6.92 Å². The Morgan fingerprint density at radius 1 is 1.02 bits per heavy atom. The molecule has 3 N–H and O–H groups in total. The van der Waals surface area contributed by atoms with Gasteiger partial charge in [-0.05, 0) is 97.2 Å². The highest BCUT2D eigenvalue weighted by molar-refractivity contribution is 5.79. The van der Waals surface area contributed by atoms with Crippen LogP contribution in [-0.4, -0.2) is 84.5 Å². The number of aliphatic hydroxyl groups excluding tert-OH is 3. The lowest BCUT2D eigenvalue weighted by Gasteiger charge is -2.71. The third-order valence-corrected chi connectivity index (χ3v) is 15.2. The Morgan fingerprint density at radius 2 is 1.74 bits per heavy atom. The number of aliphatic hydroxyl groups is 3. The second-order valence-corrected chi connectivity index (χ2v) is 16.8. The average Bonchev–Trinajstić information content (AvgIpc) is 2.98. The summed E-state index contributed by atoms with van der Waals surface area (Å²) in [6.45, 7) is 18.5. The Hall–Kier alpha value is -0.990. The maximum absolute atomic E-state index is 14.2. The first kappa shape index (κ1) is 32.0. The van der Waals surface area contributed by atoms with Crippen molar-refractivity contribution in [2.24, 2.45) is 56.7 Å². The number of nitrogens with zero attached hydrogens (tertiary/aromatic N) is 1. The summed E-state index contributed by atoms with van der Waals surface area (Å²) in [5.74, 6) is 1.67. The summed E-state index contributed by atoms with van der Waals surface area (Å²) in [6, 6.07) is 0. The number of ether oxygens (including phenoxy) is 2. The van der Waals surface area contributed by atoms with E-state index in [4.69, 9.17) is 9.47 Å². The van der Waals surface area contributed by atoms with E-state index in [1.54, 1.807) is 0 Å². The third kappa shape index (κ3) is 4.48. The summed E-state index contributed by atoms with van der Waals surface area (Å²) in [5, 5.41) is 32.8. The Bertz CT molecular complexity index is 1110. The molecule has 244 valence electrons. The molecule has 12 atom stereocenters. The summed E-state index contributed by atoms with van der Waals surface area (Å²) >= 11 is 0. The Kier molecular flexibility index (Phi) is 8.23. The van der Waals surface area contributed by atoms with E-state index < -0.39 is 23.0 Å². The molecule has 0 amide bonds. The van der Waals surface area contributed by atoms with E-state index in [0.717, 1.165) is 77.8 Å². The third-order valence-electron chi connectivity index (χ3n) is 15.2. The van der Waals surface area contributed by atoms with Gasteiger partial charge in [0.05, 0.1) is 37.4 Å². The highest BCUT2D eigenvalue weighted by Gasteiger charge is 2.70. The fourth-order valence-electron chi connectivity index (χ4n) is 12.2. The molecule has 0 aromatic rings. The monoisotopic (exact) mass is 601 g/mol. The van der Waals surface area contributed by atoms with Crippen molar-refractivity contribution in [1.82, 2.24) is 4.90 Å². The van der Waals surface area contributed by atoms with E-state index >= 15 is 0 Å². The number of allylic oxidation sites excluding steroid dienone is 2. The van der Waals surface area contributed by atoms with Crippen molar-refractivity contribution in [2.45, 2.75) is 105 Å². The van der Waals surface area contributed by atoms with Crippen LogP contribution in [0.2, 0.25) is 0 Å². The van der Waals surface area contributed by atoms with Crippen LogP contribution in [-0.2, 0) is 14.3 Å². The molecule has 1 saturated heterocycles. The second kappa shape index (κ2) is 11.1. The number of rotatable bonds is 5. The van der Waals surface area contributed by atoms with Crippen LogP contribution in [0.3, 0.4) is 0 Å². The molecule has 7 nitrogen and oxygen atoms in total. The topological polar surface area (TPSA) is 99.5 Å². The SMILES string of the molecule is C[C@H]1[C@H](C)CC[C@]2(C(=O)OCCN3CCOCC3)CC[C@]3(C)C(=CC[C@@H]4[C@@]5(C)C[C@@H](O)[C@H](O)[C@@](C)(CO)[C@@H]5CC[C@]43C)[C@H]12. The number of hydrogen-bond donors (Lipinski definition) is 3. The number of fused-ring (bicyclic) bond motifs is 7. The van der Waals surface area contributed by atoms with E-state index in [0.29, 0.717) is 30.8 Å². The standard InChI is InChI=1S/C36H59NO6/c1-23-9-12-36(31(41)43-20-17-37-15-18-42-19-16-37)14-13-34(5)25(29(36)24(23)2)7-8-28-32(3)21-26(39)30(40)33(4,22-38)27(32)10-11-35(28,34)6/h7,23-24,26-30,38-40H,8-22H2,1-6H3/t23-,24+,26-,27-,28-,29+,30+,32+,33+,34-,35-,36+/m1/s1. The Morgan fingerprint density at radius 3 is 2.44 bits per heavy atom. The van der Waals surface area contributed by atoms with Gasteiger partial charge in [-0.2, -0.15) is 0 Å². The second-order valence-electron chi connectivity index (χ2n) is 16.8. The molecule has 1 aliphatic heterocycles. The average molecular weight is 602 g/mol. The van der Waals surface area contributed by atoms with Crippen LogP contribution in [0.4, 0.5) is 0 Å². The van der Waals surface area contributed by atoms with Crippen molar-refractivity contribution >= 4 is 5.97 Å². The Balaban J connectivity index is 1.32. The molecule has 0 radical (unpaired) electrons. The summed E-state index contributed by atoms with van der Waals surface area (Å²) in [6.07, 6.45) is 8.11. The summed E-state index contributed by atoms with van der Waals surface area (Å²) in [7, 11) is 0. The number of hydrogen-bond acceptors (Lipinski definition) is 7. The van der Waals surface area contributed by atoms with Gasteiger partial charge in [-0.25, -0.2) is 0 Å². The van der Waals surface area contributed by atoms with Crippen LogP contribution in [0.5, 0.6) is 0 Å². The number of carbonyl (C=O) groups excluding carboxylic acids is 1. The van der Waals surface area contributed by atoms with E-state index in [9.17, 15) is 20.1 Å². The highest BCUT2D eigenvalue weighted by atomic mass is 16.5. The van der Waals surface area contributed by atoms with Crippen molar-refractivity contribution in [1.29, 1.82) is 0 Å². The van der Waals surface area contributed by atoms with Crippen molar-refractivity contribution in [3.63, 3.8) is 0 Å². The zero-order valence-electron chi connectivity index (χ0n) is 27.7. The minimum atomic E-state index is -0.903. The molecular formula is C36H59NO6. The molecule has 0 bridgehead atoms. The lowest BCUT2D eigenvalue weighted by Crippen LogP contribution is -2.68. The van der Waals surface area contributed by atoms with Gasteiger partial charge in [0.15, 0.2) is 0 Å². The van der Waals surface area contributed by atoms with Gasteiger partial charge in [-0.15, -0.1) is 0 Å². The molecule has 6 rings (SSSR count). The summed E-state index contributed by atoms with van der Waals surface area (Å²) < 4.78 is 11.7. The zero-order chi connectivity index (χ0) is 31.0. The van der Waals surface area contributed by atoms with Gasteiger partial charge in [0.25, 0.3) is 0 Å². The molecule has 7 heteroatoms. The van der Waals surface area contributed by atoms with Crippen LogP contribution >= 0.6 is 0 Å². The predicted molar refractivity (Wildman–Crippen MR) is 166 cm³/mol. The fraction of sp³-hybridized carbons (Fsp3) is 0.917. The molecule has 0 unspecified atom stereocenters. The van der Waals surface area contributed by atoms with Crippen molar-refractivity contribution in [2.75, 3.05) is 46.1 Å². The maximum Gasteiger partial charge on any atom is 0.312 e. The lowest BCUT2D eigenvalue weighted by molar-refractivity contribution is -0.244. The summed E-state index contributed by atoms with van der Waals surface area (Å²) in [5.41, 5.74) is 0.116. The smallest absolute Gasteiger partial charge is 0.312 e. The molecule has 1 heterocycles. The molecule has 6 aliphatic rings. The van der Waals surface area contributed by atoms with E-state index in [1.165, 1.54) is 5.57 Å². The molecular weight excluding hydrogens is 542 g/mol. The first-order valence-electron chi connectivity index (χ1n) is 17.4. The van der Waals surface area contributed by atoms with Crippen molar-refractivity contribution in [3.05, 3.63) is 11.6 Å². The van der Waals surface area contributed by atoms with Gasteiger partial charge in [-0.1, -0.05) is 53.2 Å². The van der Waals surface area contributed by atoms with Gasteiger partial charge in [0.2, 0.25) is 0 Å². The maximum atomic E-state index is 14.2. The van der Waals surface area contributed by atoms with Crippen LogP contribution in [0.25, 0.3) is 0 Å². The zero-order valence-corrected chi connectivity index (χ0v) is 27.7. The minimum absolute atomic E-state index is 0.00745. The van der Waals surface area contributed by atoms with Crippen molar-refractivity contribution < 1.29 is 29.6 Å². The fourth-order valence-corrected chi connectivity index (χ4v) is 12.2. The Labute approximate surface area is 259 Å². The number of carbonyl (C=O) groups is 1. The van der Waals surface area contributed by atoms with E-state index in [2.05, 4.69) is 45.6 Å². The van der Waals surface area contributed by atoms with Gasteiger partial charge >= 0.3 is 5.97 Å². The van der Waals surface area contributed by atoms with Gasteiger partial charge < -0.3 is 24.8 Å². The first-order chi connectivity index (χ1) is 20.3. The van der Waals surface area contributed by atoms with Gasteiger partial charge in [-0.3, -0.25) is 9.69 Å². The molecule has 4 saturated carbocycles. The molecule has 0 spiro atoms. The number of esters is 1. The minimum Gasteiger partial charge on any atom is -0.464 e. The van der Waals surface area contributed by atoms with Gasteiger partial charge in [0.1, 0.15) is 6.61 Å². The normalized spacial score (nSPS) is 51.7. The first-order valence-corrected chi connectivity index (χ1v) is 17.4. The van der Waals surface area contributed by atoms with Crippen LogP contribution in [0, 0.1) is 56.7 Å². The van der Waals surface area contributed by atoms with E-state index in [-0.39, 0.29) is 40.7 Å². The molecule has 0 aromatic carbocycles. The van der Waals surface area contributed by atoms with Crippen molar-refractivity contribution in [3.8, 4) is 0 Å². The quantitative estimate of drug-likeness (QED) is 0.307. The molecule has 43 heavy (non-hydrogen) atoms. The van der Waals surface area contributed by atoms with Crippen LogP contribution in [0.1, 0.15) is 92.9 Å². The van der Waals surface area contributed by atoms with Crippen LogP contribution < -0.4 is 0 Å². The predicted octanol–water partition coefficient (Wildman–Crippen LogP) is 4.82. The van der Waals surface area contributed by atoms with Crippen LogP contribution in [0.15, 0.2) is 11.6 Å². The highest BCUT2D eigenvalue weighted by Crippen LogP contribution is 2.75. The largest absolute Gasteiger partial charge is 0.464 e. The molecule has 5 fully saturated rings. The molecule has 0 aromatic heterocycles. The van der Waals surface area contributed by atoms with Gasteiger partial charge in [0, 0.05) is 25.0 Å². The molecule has 5 aliphatic carbocycles. The lowest BCUT2D eigenvalue weighted by atomic mass is 9.33. The number of morpholine rings is 1. The summed E-state index contributed by atoms with van der Waals surface area (Å²) in [4.78, 5) is 16.6.